The molecular weight excluding hydrogens is 253 g/mol. The fourth-order valence-corrected chi connectivity index (χ4v) is 1.75. The van der Waals surface area contributed by atoms with Crippen LogP contribution in [0.3, 0.4) is 0 Å². The zero-order valence-corrected chi connectivity index (χ0v) is 9.21. The van der Waals surface area contributed by atoms with Crippen LogP contribution in [0.15, 0.2) is 16.6 Å². The van der Waals surface area contributed by atoms with E-state index in [-0.39, 0.29) is 11.0 Å². The Hall–Kier alpha value is -0.650. The van der Waals surface area contributed by atoms with Crippen molar-refractivity contribution in [1.29, 1.82) is 0 Å². The Morgan fingerprint density at radius 2 is 2.29 bits per heavy atom. The Labute approximate surface area is 89.8 Å². The van der Waals surface area contributed by atoms with Gasteiger partial charge in [0.1, 0.15) is 11.6 Å². The predicted molar refractivity (Wildman–Crippen MR) is 54.7 cm³/mol. The number of rotatable bonds is 3. The molecule has 0 radical (unpaired) electrons. The zero-order valence-electron chi connectivity index (χ0n) is 7.63. The molecule has 0 aliphatic carbocycles. The highest BCUT2D eigenvalue weighted by Gasteiger charge is 2.18. The first kappa shape index (κ1) is 11.4. The summed E-state index contributed by atoms with van der Waals surface area (Å²) in [6.45, 7) is 0.0123. The SMILES string of the molecule is COc1ccc(F)c(Br)c1C(O)CN. The van der Waals surface area contributed by atoms with E-state index in [1.807, 2.05) is 0 Å². The van der Waals surface area contributed by atoms with Gasteiger partial charge in [-0.15, -0.1) is 0 Å². The van der Waals surface area contributed by atoms with Gasteiger partial charge in [-0.3, -0.25) is 0 Å². The summed E-state index contributed by atoms with van der Waals surface area (Å²) in [7, 11) is 1.45. The number of aliphatic hydroxyl groups excluding tert-OH is 1. The smallest absolute Gasteiger partial charge is 0.138 e. The van der Waals surface area contributed by atoms with Crippen molar-refractivity contribution in [3.05, 3.63) is 28.0 Å². The van der Waals surface area contributed by atoms with E-state index in [1.165, 1.54) is 19.2 Å². The van der Waals surface area contributed by atoms with E-state index in [2.05, 4.69) is 15.9 Å². The van der Waals surface area contributed by atoms with Crippen molar-refractivity contribution in [1.82, 2.24) is 0 Å². The van der Waals surface area contributed by atoms with Crippen molar-refractivity contribution >= 4 is 15.9 Å². The molecule has 5 heteroatoms. The molecule has 0 aromatic heterocycles. The van der Waals surface area contributed by atoms with Crippen molar-refractivity contribution < 1.29 is 14.2 Å². The minimum absolute atomic E-state index is 0.0123. The van der Waals surface area contributed by atoms with E-state index < -0.39 is 11.9 Å². The highest BCUT2D eigenvalue weighted by atomic mass is 79.9. The first-order chi connectivity index (χ1) is 6.61. The van der Waals surface area contributed by atoms with Gasteiger partial charge >= 0.3 is 0 Å². The molecule has 14 heavy (non-hydrogen) atoms. The van der Waals surface area contributed by atoms with Crippen LogP contribution in [0, 0.1) is 5.82 Å². The summed E-state index contributed by atoms with van der Waals surface area (Å²) in [6, 6.07) is 2.71. The lowest BCUT2D eigenvalue weighted by molar-refractivity contribution is 0.180. The minimum Gasteiger partial charge on any atom is -0.496 e. The van der Waals surface area contributed by atoms with E-state index >= 15 is 0 Å². The van der Waals surface area contributed by atoms with E-state index in [0.29, 0.717) is 11.3 Å². The highest BCUT2D eigenvalue weighted by molar-refractivity contribution is 9.10. The molecule has 1 unspecified atom stereocenters. The monoisotopic (exact) mass is 263 g/mol. The molecule has 1 aromatic carbocycles. The molecule has 0 saturated heterocycles. The molecule has 3 N–H and O–H groups in total. The lowest BCUT2D eigenvalue weighted by Gasteiger charge is -2.15. The second-order valence-corrected chi connectivity index (χ2v) is 3.52. The largest absolute Gasteiger partial charge is 0.496 e. The molecular formula is C9H11BrFNO2. The maximum absolute atomic E-state index is 13.1. The number of methoxy groups -OCH3 is 1. The summed E-state index contributed by atoms with van der Waals surface area (Å²) in [6.07, 6.45) is -0.935. The van der Waals surface area contributed by atoms with Crippen molar-refractivity contribution in [2.45, 2.75) is 6.10 Å². The summed E-state index contributed by atoms with van der Waals surface area (Å²) >= 11 is 3.04. The summed E-state index contributed by atoms with van der Waals surface area (Å²) in [5.74, 6) is -0.0375. The first-order valence-corrected chi connectivity index (χ1v) is 4.81. The van der Waals surface area contributed by atoms with Crippen LogP contribution in [-0.2, 0) is 0 Å². The van der Waals surface area contributed by atoms with E-state index in [0.717, 1.165) is 0 Å². The number of hydrogen-bond donors (Lipinski definition) is 2. The maximum Gasteiger partial charge on any atom is 0.138 e. The molecule has 0 bridgehead atoms. The molecule has 1 atom stereocenters. The fourth-order valence-electron chi connectivity index (χ4n) is 1.15. The van der Waals surface area contributed by atoms with Crippen molar-refractivity contribution in [2.24, 2.45) is 5.73 Å². The molecule has 0 saturated carbocycles. The maximum atomic E-state index is 13.1. The van der Waals surface area contributed by atoms with Gasteiger partial charge in [-0.1, -0.05) is 0 Å². The molecule has 0 fully saturated rings. The van der Waals surface area contributed by atoms with E-state index in [1.54, 1.807) is 0 Å². The van der Waals surface area contributed by atoms with Gasteiger partial charge in [0.2, 0.25) is 0 Å². The molecule has 78 valence electrons. The van der Waals surface area contributed by atoms with Gasteiger partial charge in [0.15, 0.2) is 0 Å². The summed E-state index contributed by atoms with van der Waals surface area (Å²) < 4.78 is 18.3. The first-order valence-electron chi connectivity index (χ1n) is 4.01. The van der Waals surface area contributed by atoms with E-state index in [9.17, 15) is 9.50 Å². The molecule has 0 aliphatic heterocycles. The predicted octanol–water partition coefficient (Wildman–Crippen LogP) is 1.59. The van der Waals surface area contributed by atoms with Crippen LogP contribution in [0.5, 0.6) is 5.75 Å². The van der Waals surface area contributed by atoms with Crippen LogP contribution in [0.2, 0.25) is 0 Å². The average molecular weight is 264 g/mol. The third-order valence-electron chi connectivity index (χ3n) is 1.87. The molecule has 0 spiro atoms. The Morgan fingerprint density at radius 1 is 1.64 bits per heavy atom. The van der Waals surface area contributed by atoms with Gasteiger partial charge in [0, 0.05) is 12.1 Å². The normalized spacial score (nSPS) is 12.6. The minimum atomic E-state index is -0.935. The third-order valence-corrected chi connectivity index (χ3v) is 2.67. The van der Waals surface area contributed by atoms with Crippen LogP contribution >= 0.6 is 15.9 Å². The lowest BCUT2D eigenvalue weighted by atomic mass is 10.1. The van der Waals surface area contributed by atoms with Crippen LogP contribution < -0.4 is 10.5 Å². The highest BCUT2D eigenvalue weighted by Crippen LogP contribution is 2.33. The van der Waals surface area contributed by atoms with Crippen molar-refractivity contribution in [2.75, 3.05) is 13.7 Å². The second-order valence-electron chi connectivity index (χ2n) is 2.73. The Morgan fingerprint density at radius 3 is 2.79 bits per heavy atom. The number of hydrogen-bond acceptors (Lipinski definition) is 3. The van der Waals surface area contributed by atoms with Gasteiger partial charge in [-0.25, -0.2) is 4.39 Å². The van der Waals surface area contributed by atoms with Gasteiger partial charge in [-0.2, -0.15) is 0 Å². The molecule has 1 aromatic rings. The number of ether oxygens (including phenoxy) is 1. The number of nitrogens with two attached hydrogens (primary N) is 1. The van der Waals surface area contributed by atoms with Crippen LogP contribution in [0.1, 0.15) is 11.7 Å². The van der Waals surface area contributed by atoms with E-state index in [4.69, 9.17) is 10.5 Å². The van der Waals surface area contributed by atoms with Crippen molar-refractivity contribution in [3.63, 3.8) is 0 Å². The van der Waals surface area contributed by atoms with Gasteiger partial charge in [-0.05, 0) is 28.1 Å². The van der Waals surface area contributed by atoms with Gasteiger partial charge in [0.05, 0.1) is 17.7 Å². The summed E-state index contributed by atoms with van der Waals surface area (Å²) in [4.78, 5) is 0. The average Bonchev–Trinajstić information content (AvgIpc) is 2.20. The second kappa shape index (κ2) is 4.72. The Bertz CT molecular complexity index is 333. The molecule has 3 nitrogen and oxygen atoms in total. The molecule has 0 amide bonds. The van der Waals surface area contributed by atoms with Crippen molar-refractivity contribution in [3.8, 4) is 5.75 Å². The molecule has 0 heterocycles. The Balaban J connectivity index is 3.27. The molecule has 0 aliphatic rings. The van der Waals surface area contributed by atoms with Gasteiger partial charge < -0.3 is 15.6 Å². The van der Waals surface area contributed by atoms with Crippen LogP contribution in [0.25, 0.3) is 0 Å². The Kier molecular flexibility index (Phi) is 3.86. The van der Waals surface area contributed by atoms with Crippen LogP contribution in [0.4, 0.5) is 4.39 Å². The van der Waals surface area contributed by atoms with Crippen LogP contribution in [-0.4, -0.2) is 18.8 Å². The summed E-state index contributed by atoms with van der Waals surface area (Å²) in [5.41, 5.74) is 5.64. The fraction of sp³-hybridized carbons (Fsp3) is 0.333. The quantitative estimate of drug-likeness (QED) is 0.871. The van der Waals surface area contributed by atoms with Gasteiger partial charge in [0.25, 0.3) is 0 Å². The zero-order chi connectivity index (χ0) is 10.7. The third kappa shape index (κ3) is 2.05. The lowest BCUT2D eigenvalue weighted by Crippen LogP contribution is -2.13. The number of halogens is 2. The summed E-state index contributed by atoms with van der Waals surface area (Å²) in [5, 5.41) is 9.54. The standard InChI is InChI=1S/C9H11BrFNO2/c1-14-7-3-2-5(11)9(10)8(7)6(13)4-12/h2-3,6,13H,4,12H2,1H3. The topological polar surface area (TPSA) is 55.5 Å². The number of aliphatic hydroxyl groups is 1. The number of benzene rings is 1. The molecule has 1 rings (SSSR count).